The van der Waals surface area contributed by atoms with Gasteiger partial charge in [-0.25, -0.2) is 0 Å². The number of para-hydroxylation sites is 1. The fourth-order valence-corrected chi connectivity index (χ4v) is 2.12. The second-order valence-electron chi connectivity index (χ2n) is 5.24. The fraction of sp³-hybridized carbons (Fsp3) is 0.167. The van der Waals surface area contributed by atoms with E-state index < -0.39 is 11.8 Å². The van der Waals surface area contributed by atoms with Gasteiger partial charge in [-0.15, -0.1) is 0 Å². The van der Waals surface area contributed by atoms with E-state index in [1.165, 1.54) is 0 Å². The molecule has 2 amide bonds. The molecule has 0 radical (unpaired) electrons. The maximum absolute atomic E-state index is 12.0. The van der Waals surface area contributed by atoms with Gasteiger partial charge in [0.25, 0.3) is 11.8 Å². The molecule has 0 aromatic heterocycles. The maximum atomic E-state index is 12.0. The number of ether oxygens (including phenoxy) is 2. The molecule has 0 atom stereocenters. The van der Waals surface area contributed by atoms with Crippen LogP contribution in [-0.4, -0.2) is 30.6 Å². The number of carbonyl (C=O) groups excluding carboxylic acids is 2. The lowest BCUT2D eigenvalue weighted by Crippen LogP contribution is -2.49. The van der Waals surface area contributed by atoms with Gasteiger partial charge in [0, 0.05) is 5.56 Å². The normalized spacial score (nSPS) is 9.77. The number of rotatable bonds is 5. The van der Waals surface area contributed by atoms with Gasteiger partial charge < -0.3 is 9.47 Å². The lowest BCUT2D eigenvalue weighted by Gasteiger charge is -2.12. The first-order chi connectivity index (χ1) is 12.5. The Balaban J connectivity index is 1.74. The van der Waals surface area contributed by atoms with Crippen molar-refractivity contribution in [2.45, 2.75) is 6.92 Å². The Bertz CT molecular complexity index is 793. The molecule has 0 saturated carbocycles. The van der Waals surface area contributed by atoms with E-state index in [0.717, 1.165) is 5.56 Å². The third kappa shape index (κ3) is 5.75. The predicted octanol–water partition coefficient (Wildman–Crippen LogP) is 1.72. The third-order valence-electron chi connectivity index (χ3n) is 3.35. The molecule has 26 heavy (non-hydrogen) atoms. The summed E-state index contributed by atoms with van der Waals surface area (Å²) in [7, 11) is 1.54. The predicted molar refractivity (Wildman–Crippen MR) is 101 cm³/mol. The highest BCUT2D eigenvalue weighted by Crippen LogP contribution is 2.15. The summed E-state index contributed by atoms with van der Waals surface area (Å²) in [6, 6.07) is 13.9. The number of aryl methyl sites for hydroxylation is 1. The van der Waals surface area contributed by atoms with Crippen LogP contribution in [0.1, 0.15) is 15.9 Å². The standard InChI is InChI=1S/C18H19N3O4S/c1-12-5-3-4-6-15(12)25-11-16(22)20-21-18(26)19-17(23)13-7-9-14(24-2)10-8-13/h3-10H,11H2,1-2H3,(H,20,22)(H2,19,21,23,26). The number of benzene rings is 2. The number of methoxy groups -OCH3 is 1. The molecule has 8 heteroatoms. The summed E-state index contributed by atoms with van der Waals surface area (Å²) < 4.78 is 10.4. The van der Waals surface area contributed by atoms with Crippen LogP contribution in [0.4, 0.5) is 0 Å². The van der Waals surface area contributed by atoms with Crippen LogP contribution in [-0.2, 0) is 4.79 Å². The van der Waals surface area contributed by atoms with Gasteiger partial charge in [-0.2, -0.15) is 0 Å². The Labute approximate surface area is 156 Å². The fourth-order valence-electron chi connectivity index (χ4n) is 1.97. The highest BCUT2D eigenvalue weighted by Gasteiger charge is 2.09. The molecule has 0 aliphatic carbocycles. The zero-order chi connectivity index (χ0) is 18.9. The number of amides is 2. The van der Waals surface area contributed by atoms with E-state index in [-0.39, 0.29) is 11.7 Å². The van der Waals surface area contributed by atoms with Gasteiger partial charge in [-0.3, -0.25) is 25.8 Å². The largest absolute Gasteiger partial charge is 0.497 e. The van der Waals surface area contributed by atoms with Crippen LogP contribution in [0.5, 0.6) is 11.5 Å². The Morgan fingerprint density at radius 2 is 1.73 bits per heavy atom. The Kier molecular flexibility index (Phi) is 6.92. The molecule has 0 aliphatic rings. The van der Waals surface area contributed by atoms with Crippen LogP contribution >= 0.6 is 12.2 Å². The average molecular weight is 373 g/mol. The molecule has 0 fully saturated rings. The molecule has 0 bridgehead atoms. The van der Waals surface area contributed by atoms with Gasteiger partial charge in [-0.1, -0.05) is 18.2 Å². The van der Waals surface area contributed by atoms with Crippen LogP contribution in [0.2, 0.25) is 0 Å². The van der Waals surface area contributed by atoms with E-state index in [2.05, 4.69) is 16.2 Å². The molecule has 2 rings (SSSR count). The first kappa shape index (κ1) is 19.2. The van der Waals surface area contributed by atoms with Gasteiger partial charge in [0.05, 0.1) is 7.11 Å². The Morgan fingerprint density at radius 1 is 1.04 bits per heavy atom. The third-order valence-corrected chi connectivity index (χ3v) is 3.55. The topological polar surface area (TPSA) is 88.7 Å². The van der Waals surface area contributed by atoms with E-state index >= 15 is 0 Å². The van der Waals surface area contributed by atoms with Crippen molar-refractivity contribution in [3.8, 4) is 11.5 Å². The lowest BCUT2D eigenvalue weighted by molar-refractivity contribution is -0.123. The number of hydrogen-bond acceptors (Lipinski definition) is 5. The second-order valence-corrected chi connectivity index (χ2v) is 5.65. The number of thiocarbonyl (C=S) groups is 1. The smallest absolute Gasteiger partial charge is 0.276 e. The van der Waals surface area contributed by atoms with Gasteiger partial charge in [0.15, 0.2) is 11.7 Å². The minimum Gasteiger partial charge on any atom is -0.497 e. The highest BCUT2D eigenvalue weighted by atomic mass is 32.1. The first-order valence-corrected chi connectivity index (χ1v) is 8.13. The van der Waals surface area contributed by atoms with Crippen LogP contribution in [0.25, 0.3) is 0 Å². The summed E-state index contributed by atoms with van der Waals surface area (Å²) >= 11 is 4.97. The van der Waals surface area contributed by atoms with Gasteiger partial charge >= 0.3 is 0 Å². The van der Waals surface area contributed by atoms with Crippen LogP contribution in [0.3, 0.4) is 0 Å². The minimum atomic E-state index is -0.436. The van der Waals surface area contributed by atoms with Gasteiger partial charge in [0.1, 0.15) is 11.5 Å². The van der Waals surface area contributed by atoms with Gasteiger partial charge in [-0.05, 0) is 55.0 Å². The molecule has 2 aromatic rings. The lowest BCUT2D eigenvalue weighted by atomic mass is 10.2. The van der Waals surface area contributed by atoms with Crippen LogP contribution < -0.4 is 25.6 Å². The zero-order valence-electron chi connectivity index (χ0n) is 14.4. The van der Waals surface area contributed by atoms with Crippen LogP contribution in [0, 0.1) is 6.92 Å². The summed E-state index contributed by atoms with van der Waals surface area (Å²) in [6.45, 7) is 1.70. The zero-order valence-corrected chi connectivity index (χ0v) is 15.2. The molecule has 7 nitrogen and oxygen atoms in total. The van der Waals surface area contributed by atoms with E-state index in [1.807, 2.05) is 25.1 Å². The summed E-state index contributed by atoms with van der Waals surface area (Å²) in [5.74, 6) is 0.422. The number of hydrogen-bond donors (Lipinski definition) is 3. The van der Waals surface area contributed by atoms with Crippen molar-refractivity contribution in [1.29, 1.82) is 0 Å². The Hall–Kier alpha value is -3.13. The number of carbonyl (C=O) groups is 2. The molecule has 0 unspecified atom stereocenters. The molecule has 0 heterocycles. The van der Waals surface area contributed by atoms with Crippen molar-refractivity contribution < 1.29 is 19.1 Å². The molecule has 0 aliphatic heterocycles. The molecular weight excluding hydrogens is 354 g/mol. The van der Waals surface area contributed by atoms with Crippen molar-refractivity contribution in [3.05, 3.63) is 59.7 Å². The summed E-state index contributed by atoms with van der Waals surface area (Å²) in [6.07, 6.45) is 0. The molecule has 3 N–H and O–H groups in total. The molecule has 0 saturated heterocycles. The SMILES string of the molecule is COc1ccc(C(=O)NC(=S)NNC(=O)COc2ccccc2C)cc1. The minimum absolute atomic E-state index is 0.0324. The summed E-state index contributed by atoms with van der Waals surface area (Å²) in [5, 5.41) is 2.42. The van der Waals surface area contributed by atoms with E-state index in [1.54, 1.807) is 37.4 Å². The highest BCUT2D eigenvalue weighted by molar-refractivity contribution is 7.80. The number of hydrazine groups is 1. The molecule has 2 aromatic carbocycles. The van der Waals surface area contributed by atoms with Crippen molar-refractivity contribution >= 4 is 29.1 Å². The monoisotopic (exact) mass is 373 g/mol. The quantitative estimate of drug-likeness (QED) is 0.546. The van der Waals surface area contributed by atoms with Gasteiger partial charge in [0.2, 0.25) is 0 Å². The Morgan fingerprint density at radius 3 is 2.38 bits per heavy atom. The van der Waals surface area contributed by atoms with Crippen molar-refractivity contribution in [3.63, 3.8) is 0 Å². The van der Waals surface area contributed by atoms with Crippen molar-refractivity contribution in [2.75, 3.05) is 13.7 Å². The van der Waals surface area contributed by atoms with E-state index in [0.29, 0.717) is 17.1 Å². The first-order valence-electron chi connectivity index (χ1n) is 7.72. The van der Waals surface area contributed by atoms with Crippen molar-refractivity contribution in [1.82, 2.24) is 16.2 Å². The van der Waals surface area contributed by atoms with Crippen LogP contribution in [0.15, 0.2) is 48.5 Å². The molecule has 0 spiro atoms. The molecular formula is C18H19N3O4S. The van der Waals surface area contributed by atoms with E-state index in [9.17, 15) is 9.59 Å². The number of nitrogens with one attached hydrogen (secondary N) is 3. The summed E-state index contributed by atoms with van der Waals surface area (Å²) in [5.41, 5.74) is 6.14. The van der Waals surface area contributed by atoms with Crippen molar-refractivity contribution in [2.24, 2.45) is 0 Å². The van der Waals surface area contributed by atoms with E-state index in [4.69, 9.17) is 21.7 Å². The average Bonchev–Trinajstić information content (AvgIpc) is 2.65. The molecule has 136 valence electrons. The summed E-state index contributed by atoms with van der Waals surface area (Å²) in [4.78, 5) is 23.8. The second kappa shape index (κ2) is 9.38. The maximum Gasteiger partial charge on any atom is 0.276 e.